The Labute approximate surface area is 73.3 Å². The lowest BCUT2D eigenvalue weighted by molar-refractivity contribution is 1.07. The number of nitrogens with one attached hydrogen (secondary N) is 1. The normalized spacial score (nSPS) is 8.00. The molecule has 0 aliphatic heterocycles. The zero-order valence-electron chi connectivity index (χ0n) is 6.56. The van der Waals surface area contributed by atoms with Crippen LogP contribution in [-0.4, -0.2) is 16.5 Å². The Morgan fingerprint density at radius 2 is 2.62 bits per heavy atom. The fourth-order valence-corrected chi connectivity index (χ4v) is 0.619. The van der Waals surface area contributed by atoms with E-state index in [9.17, 15) is 4.79 Å². The zero-order chi connectivity index (χ0) is 9.52. The summed E-state index contributed by atoms with van der Waals surface area (Å²) in [5.74, 6) is 5.25. The van der Waals surface area contributed by atoms with Crippen LogP contribution in [0.25, 0.3) is 10.4 Å². The van der Waals surface area contributed by atoms with Crippen molar-refractivity contribution in [2.75, 3.05) is 6.54 Å². The highest BCUT2D eigenvalue weighted by molar-refractivity contribution is 5.29. The molecule has 1 N–H and O–H groups in total. The van der Waals surface area contributed by atoms with Gasteiger partial charge in [0.15, 0.2) is 0 Å². The van der Waals surface area contributed by atoms with E-state index >= 15 is 0 Å². The molecule has 0 fully saturated rings. The summed E-state index contributed by atoms with van der Waals surface area (Å²) in [6, 6.07) is 0. The van der Waals surface area contributed by atoms with Gasteiger partial charge in [-0.1, -0.05) is 17.0 Å². The Morgan fingerprint density at radius 1 is 1.77 bits per heavy atom. The van der Waals surface area contributed by atoms with Gasteiger partial charge in [-0.15, -0.1) is 0 Å². The van der Waals surface area contributed by atoms with Gasteiger partial charge in [-0.3, -0.25) is 0 Å². The predicted octanol–water partition coefficient (Wildman–Crippen LogP) is 0.432. The molecule has 0 amide bonds. The first kappa shape index (κ1) is 8.84. The molecule has 0 atom stereocenters. The molecule has 1 aromatic rings. The van der Waals surface area contributed by atoms with Gasteiger partial charge >= 0.3 is 5.69 Å². The maximum absolute atomic E-state index is 10.5. The number of azide groups is 1. The molecule has 6 nitrogen and oxygen atoms in total. The third-order valence-corrected chi connectivity index (χ3v) is 1.12. The van der Waals surface area contributed by atoms with Crippen molar-refractivity contribution in [3.05, 3.63) is 38.9 Å². The minimum atomic E-state index is -0.416. The van der Waals surface area contributed by atoms with E-state index in [1.54, 1.807) is 0 Å². The third kappa shape index (κ3) is 3.10. The van der Waals surface area contributed by atoms with Crippen LogP contribution in [0.15, 0.2) is 22.3 Å². The van der Waals surface area contributed by atoms with Crippen LogP contribution >= 0.6 is 0 Å². The van der Waals surface area contributed by atoms with Crippen molar-refractivity contribution in [3.8, 4) is 11.8 Å². The zero-order valence-corrected chi connectivity index (χ0v) is 6.56. The van der Waals surface area contributed by atoms with Crippen molar-refractivity contribution < 1.29 is 0 Å². The van der Waals surface area contributed by atoms with E-state index in [1.807, 2.05) is 0 Å². The van der Waals surface area contributed by atoms with Crippen LogP contribution in [0.3, 0.4) is 0 Å². The van der Waals surface area contributed by atoms with Gasteiger partial charge in [0.2, 0.25) is 0 Å². The Kier molecular flexibility index (Phi) is 3.12. The number of H-pyrrole nitrogens is 1. The molecule has 6 heteroatoms. The summed E-state index contributed by atoms with van der Waals surface area (Å²) in [5, 5.41) is 3.22. The van der Waals surface area contributed by atoms with E-state index in [-0.39, 0.29) is 6.54 Å². The first-order valence-corrected chi connectivity index (χ1v) is 3.37. The summed E-state index contributed by atoms with van der Waals surface area (Å²) in [4.78, 5) is 18.9. The summed E-state index contributed by atoms with van der Waals surface area (Å²) < 4.78 is 0. The SMILES string of the molecule is [N-]=[N+]=NCC#Cc1cnc(=O)[nH]c1. The Bertz CT molecular complexity index is 425. The summed E-state index contributed by atoms with van der Waals surface area (Å²) in [6.07, 6.45) is 2.79. The Balaban J connectivity index is 2.72. The molecule has 0 saturated heterocycles. The van der Waals surface area contributed by atoms with Crippen LogP contribution < -0.4 is 5.69 Å². The molecular weight excluding hydrogens is 170 g/mol. The molecule has 13 heavy (non-hydrogen) atoms. The number of aromatic amines is 1. The van der Waals surface area contributed by atoms with Crippen LogP contribution in [-0.2, 0) is 0 Å². The van der Waals surface area contributed by atoms with Gasteiger partial charge in [0, 0.05) is 17.3 Å². The highest BCUT2D eigenvalue weighted by Crippen LogP contribution is 1.85. The van der Waals surface area contributed by atoms with E-state index in [1.165, 1.54) is 12.4 Å². The average Bonchev–Trinajstić information content (AvgIpc) is 2.15. The lowest BCUT2D eigenvalue weighted by atomic mass is 10.3. The van der Waals surface area contributed by atoms with Gasteiger partial charge < -0.3 is 4.98 Å². The number of rotatable bonds is 1. The molecule has 0 spiro atoms. The quantitative estimate of drug-likeness (QED) is 0.290. The highest BCUT2D eigenvalue weighted by Gasteiger charge is 1.85. The molecule has 0 bridgehead atoms. The number of hydrogen-bond donors (Lipinski definition) is 1. The number of nitrogens with zero attached hydrogens (tertiary/aromatic N) is 4. The topological polar surface area (TPSA) is 94.5 Å². The first-order chi connectivity index (χ1) is 6.33. The summed E-state index contributed by atoms with van der Waals surface area (Å²) >= 11 is 0. The van der Waals surface area contributed by atoms with Crippen LogP contribution in [0.1, 0.15) is 5.56 Å². The second-order valence-electron chi connectivity index (χ2n) is 2.00. The van der Waals surface area contributed by atoms with Crippen molar-refractivity contribution >= 4 is 0 Å². The van der Waals surface area contributed by atoms with Gasteiger partial charge in [-0.05, 0) is 5.53 Å². The fourth-order valence-electron chi connectivity index (χ4n) is 0.619. The van der Waals surface area contributed by atoms with Crippen molar-refractivity contribution in [2.24, 2.45) is 5.11 Å². The standard InChI is InChI=1S/C7H5N5O/c8-12-11-3-1-2-6-4-9-7(13)10-5-6/h4-5H,3H2,(H,9,10,13). The van der Waals surface area contributed by atoms with Crippen molar-refractivity contribution in [1.82, 2.24) is 9.97 Å². The molecule has 1 heterocycles. The maximum atomic E-state index is 10.5. The highest BCUT2D eigenvalue weighted by atomic mass is 16.1. The summed E-state index contributed by atoms with van der Waals surface area (Å²) in [5.41, 5.74) is 8.09. The van der Waals surface area contributed by atoms with E-state index in [4.69, 9.17) is 5.53 Å². The van der Waals surface area contributed by atoms with Gasteiger partial charge in [0.25, 0.3) is 0 Å². The Hall–Kier alpha value is -2.25. The maximum Gasteiger partial charge on any atom is 0.344 e. The van der Waals surface area contributed by atoms with Crippen LogP contribution in [0, 0.1) is 11.8 Å². The second-order valence-corrected chi connectivity index (χ2v) is 2.00. The molecule has 0 aromatic carbocycles. The molecule has 1 rings (SSSR count). The van der Waals surface area contributed by atoms with E-state index in [0.717, 1.165) is 0 Å². The summed E-state index contributed by atoms with van der Waals surface area (Å²) in [7, 11) is 0. The average molecular weight is 175 g/mol. The van der Waals surface area contributed by atoms with Gasteiger partial charge in [-0.2, -0.15) is 0 Å². The monoisotopic (exact) mass is 175 g/mol. The van der Waals surface area contributed by atoms with E-state index in [2.05, 4.69) is 31.8 Å². The number of hydrogen-bond acceptors (Lipinski definition) is 3. The minimum absolute atomic E-state index is 0.107. The van der Waals surface area contributed by atoms with Gasteiger partial charge in [0.1, 0.15) is 0 Å². The molecule has 0 aliphatic carbocycles. The molecule has 0 saturated carbocycles. The van der Waals surface area contributed by atoms with Gasteiger partial charge in [0.05, 0.1) is 12.1 Å². The predicted molar refractivity (Wildman–Crippen MR) is 45.7 cm³/mol. The van der Waals surface area contributed by atoms with E-state index in [0.29, 0.717) is 5.56 Å². The number of aromatic nitrogens is 2. The Morgan fingerprint density at radius 3 is 3.23 bits per heavy atom. The van der Waals surface area contributed by atoms with Crippen molar-refractivity contribution in [1.29, 1.82) is 0 Å². The molecule has 0 radical (unpaired) electrons. The molecule has 0 unspecified atom stereocenters. The molecule has 1 aromatic heterocycles. The minimum Gasteiger partial charge on any atom is -0.311 e. The largest absolute Gasteiger partial charge is 0.344 e. The van der Waals surface area contributed by atoms with E-state index < -0.39 is 5.69 Å². The van der Waals surface area contributed by atoms with Crippen LogP contribution in [0.2, 0.25) is 0 Å². The van der Waals surface area contributed by atoms with Crippen molar-refractivity contribution in [2.45, 2.75) is 0 Å². The second kappa shape index (κ2) is 4.59. The smallest absolute Gasteiger partial charge is 0.311 e. The lowest BCUT2D eigenvalue weighted by Crippen LogP contribution is -2.08. The first-order valence-electron chi connectivity index (χ1n) is 3.37. The molecule has 0 aliphatic rings. The van der Waals surface area contributed by atoms with Crippen LogP contribution in [0.4, 0.5) is 0 Å². The van der Waals surface area contributed by atoms with Crippen LogP contribution in [0.5, 0.6) is 0 Å². The molecular formula is C7H5N5O. The third-order valence-electron chi connectivity index (χ3n) is 1.12. The lowest BCUT2D eigenvalue weighted by Gasteiger charge is -1.84. The molecule has 64 valence electrons. The fraction of sp³-hybridized carbons (Fsp3) is 0.143. The van der Waals surface area contributed by atoms with Crippen molar-refractivity contribution in [3.63, 3.8) is 0 Å². The summed E-state index contributed by atoms with van der Waals surface area (Å²) in [6.45, 7) is 0.107. The van der Waals surface area contributed by atoms with Gasteiger partial charge in [-0.25, -0.2) is 9.78 Å².